The Hall–Kier alpha value is -1.49. The SMILES string of the molecule is Cc1cc(Cl)c(Nc2ccc(Cl)c(C(=O)O)n2)cc1Cl. The summed E-state index contributed by atoms with van der Waals surface area (Å²) >= 11 is 17.9. The minimum atomic E-state index is -1.20. The van der Waals surface area contributed by atoms with Gasteiger partial charge in [0.05, 0.1) is 15.7 Å². The zero-order valence-corrected chi connectivity index (χ0v) is 12.5. The van der Waals surface area contributed by atoms with E-state index >= 15 is 0 Å². The smallest absolute Gasteiger partial charge is 0.356 e. The van der Waals surface area contributed by atoms with Gasteiger partial charge in [0, 0.05) is 5.02 Å². The third-order valence-corrected chi connectivity index (χ3v) is 3.58. The van der Waals surface area contributed by atoms with Crippen molar-refractivity contribution in [1.29, 1.82) is 0 Å². The minimum Gasteiger partial charge on any atom is -0.476 e. The summed E-state index contributed by atoms with van der Waals surface area (Å²) in [5, 5.41) is 13.0. The van der Waals surface area contributed by atoms with Crippen molar-refractivity contribution in [2.75, 3.05) is 5.32 Å². The summed E-state index contributed by atoms with van der Waals surface area (Å²) in [5.41, 5.74) is 1.15. The predicted octanol–water partition coefficient (Wildman–Crippen LogP) is 4.79. The van der Waals surface area contributed by atoms with Gasteiger partial charge in [0.1, 0.15) is 5.82 Å². The molecule has 1 aromatic carbocycles. The number of carbonyl (C=O) groups is 1. The maximum absolute atomic E-state index is 11.0. The first-order valence-corrected chi connectivity index (χ1v) is 6.64. The number of hydrogen-bond donors (Lipinski definition) is 2. The van der Waals surface area contributed by atoms with Gasteiger partial charge in [0.15, 0.2) is 5.69 Å². The summed E-state index contributed by atoms with van der Waals surface area (Å²) in [7, 11) is 0. The highest BCUT2D eigenvalue weighted by Gasteiger charge is 2.12. The van der Waals surface area contributed by atoms with Gasteiger partial charge in [0.25, 0.3) is 0 Å². The van der Waals surface area contributed by atoms with Crippen molar-refractivity contribution in [3.8, 4) is 0 Å². The third-order valence-electron chi connectivity index (χ3n) is 2.56. The Kier molecular flexibility index (Phi) is 4.38. The maximum Gasteiger partial charge on any atom is 0.356 e. The van der Waals surface area contributed by atoms with Gasteiger partial charge in [0.2, 0.25) is 0 Å². The van der Waals surface area contributed by atoms with Crippen LogP contribution in [-0.2, 0) is 0 Å². The van der Waals surface area contributed by atoms with Crippen molar-refractivity contribution >= 4 is 52.3 Å². The monoisotopic (exact) mass is 330 g/mol. The minimum absolute atomic E-state index is 0.0658. The highest BCUT2D eigenvalue weighted by Crippen LogP contribution is 2.31. The largest absolute Gasteiger partial charge is 0.476 e. The van der Waals surface area contributed by atoms with E-state index in [-0.39, 0.29) is 10.7 Å². The molecule has 0 amide bonds. The van der Waals surface area contributed by atoms with Crippen LogP contribution >= 0.6 is 34.8 Å². The number of carboxylic acids is 1. The second kappa shape index (κ2) is 5.87. The molecule has 1 heterocycles. The molecule has 2 rings (SSSR count). The molecule has 0 unspecified atom stereocenters. The van der Waals surface area contributed by atoms with Crippen molar-refractivity contribution in [3.63, 3.8) is 0 Å². The molecule has 0 aliphatic rings. The first kappa shape index (κ1) is 14.9. The lowest BCUT2D eigenvalue weighted by Crippen LogP contribution is -2.04. The van der Waals surface area contributed by atoms with E-state index in [1.165, 1.54) is 6.07 Å². The Balaban J connectivity index is 2.38. The van der Waals surface area contributed by atoms with Crippen LogP contribution in [0.3, 0.4) is 0 Å². The molecule has 0 aliphatic carbocycles. The van der Waals surface area contributed by atoms with Crippen molar-refractivity contribution in [2.24, 2.45) is 0 Å². The summed E-state index contributed by atoms with van der Waals surface area (Å²) in [6.45, 7) is 1.83. The topological polar surface area (TPSA) is 62.2 Å². The van der Waals surface area contributed by atoms with Crippen molar-refractivity contribution < 1.29 is 9.90 Å². The van der Waals surface area contributed by atoms with Crippen molar-refractivity contribution in [2.45, 2.75) is 6.92 Å². The van der Waals surface area contributed by atoms with Crippen LogP contribution in [0.15, 0.2) is 24.3 Å². The van der Waals surface area contributed by atoms with Crippen LogP contribution in [0, 0.1) is 6.92 Å². The lowest BCUT2D eigenvalue weighted by Gasteiger charge is -2.10. The lowest BCUT2D eigenvalue weighted by atomic mass is 10.2. The van der Waals surface area contributed by atoms with Gasteiger partial charge in [-0.2, -0.15) is 0 Å². The summed E-state index contributed by atoms with van der Waals surface area (Å²) in [6.07, 6.45) is 0. The van der Waals surface area contributed by atoms with Crippen LogP contribution < -0.4 is 5.32 Å². The molecule has 20 heavy (non-hydrogen) atoms. The maximum atomic E-state index is 11.0. The molecule has 2 N–H and O–H groups in total. The first-order valence-electron chi connectivity index (χ1n) is 5.51. The molecule has 0 radical (unpaired) electrons. The van der Waals surface area contributed by atoms with Crippen molar-refractivity contribution in [1.82, 2.24) is 4.98 Å². The third kappa shape index (κ3) is 3.15. The van der Waals surface area contributed by atoms with Crippen molar-refractivity contribution in [3.05, 3.63) is 50.6 Å². The molecule has 104 valence electrons. The number of carboxylic acid groups (broad SMARTS) is 1. The summed E-state index contributed by atoms with van der Waals surface area (Å²) < 4.78 is 0. The second-order valence-electron chi connectivity index (χ2n) is 4.04. The Morgan fingerprint density at radius 3 is 2.50 bits per heavy atom. The van der Waals surface area contributed by atoms with Crippen LogP contribution in [0.2, 0.25) is 15.1 Å². The molecule has 0 fully saturated rings. The van der Waals surface area contributed by atoms with Crippen LogP contribution in [0.1, 0.15) is 16.1 Å². The predicted molar refractivity (Wildman–Crippen MR) is 80.7 cm³/mol. The number of anilines is 2. The van der Waals surface area contributed by atoms with Gasteiger partial charge in [-0.3, -0.25) is 0 Å². The number of pyridine rings is 1. The van der Waals surface area contributed by atoms with E-state index in [2.05, 4.69) is 10.3 Å². The summed E-state index contributed by atoms with van der Waals surface area (Å²) in [6, 6.07) is 6.36. The molecule has 0 saturated heterocycles. The Morgan fingerprint density at radius 1 is 1.15 bits per heavy atom. The fourth-order valence-electron chi connectivity index (χ4n) is 1.54. The molecule has 0 saturated carbocycles. The van der Waals surface area contributed by atoms with Gasteiger partial charge >= 0.3 is 5.97 Å². The molecule has 7 heteroatoms. The number of hydrogen-bond acceptors (Lipinski definition) is 3. The van der Waals surface area contributed by atoms with E-state index in [1.807, 2.05) is 6.92 Å². The van der Waals surface area contributed by atoms with E-state index in [4.69, 9.17) is 39.9 Å². The Morgan fingerprint density at radius 2 is 1.85 bits per heavy atom. The molecule has 0 bridgehead atoms. The normalized spacial score (nSPS) is 10.4. The average Bonchev–Trinajstić information content (AvgIpc) is 2.37. The van der Waals surface area contributed by atoms with E-state index in [1.54, 1.807) is 18.2 Å². The fourth-order valence-corrected chi connectivity index (χ4v) is 2.16. The first-order chi connectivity index (χ1) is 9.38. The standard InChI is InChI=1S/C13H9Cl3N2O2/c1-6-4-9(16)10(5-8(6)15)17-11-3-2-7(14)12(18-11)13(19)20/h2-5H,1H3,(H,17,18)(H,19,20). The van der Waals surface area contributed by atoms with Gasteiger partial charge in [-0.25, -0.2) is 9.78 Å². The summed E-state index contributed by atoms with van der Waals surface area (Å²) in [5.74, 6) is -0.889. The Bertz CT molecular complexity index is 690. The van der Waals surface area contributed by atoms with Crippen LogP contribution in [0.4, 0.5) is 11.5 Å². The highest BCUT2D eigenvalue weighted by molar-refractivity contribution is 6.36. The van der Waals surface area contributed by atoms with Crippen LogP contribution in [0.5, 0.6) is 0 Å². The molecular weight excluding hydrogens is 323 g/mol. The summed E-state index contributed by atoms with van der Waals surface area (Å²) in [4.78, 5) is 14.9. The Labute approximate surface area is 130 Å². The van der Waals surface area contributed by atoms with Gasteiger partial charge in [-0.05, 0) is 36.8 Å². The van der Waals surface area contributed by atoms with Gasteiger partial charge in [-0.1, -0.05) is 34.8 Å². The number of aromatic nitrogens is 1. The zero-order valence-electron chi connectivity index (χ0n) is 10.2. The zero-order chi connectivity index (χ0) is 14.9. The number of halogens is 3. The van der Waals surface area contributed by atoms with Gasteiger partial charge < -0.3 is 10.4 Å². The quantitative estimate of drug-likeness (QED) is 0.848. The van der Waals surface area contributed by atoms with Crippen LogP contribution in [0.25, 0.3) is 0 Å². The number of aryl methyl sites for hydroxylation is 1. The number of nitrogens with zero attached hydrogens (tertiary/aromatic N) is 1. The van der Waals surface area contributed by atoms with Gasteiger partial charge in [-0.15, -0.1) is 0 Å². The molecule has 1 aromatic heterocycles. The molecule has 0 aliphatic heterocycles. The molecule has 0 atom stereocenters. The molecule has 0 spiro atoms. The molecular formula is C13H9Cl3N2O2. The van der Waals surface area contributed by atoms with Crippen LogP contribution in [-0.4, -0.2) is 16.1 Å². The van der Waals surface area contributed by atoms with E-state index < -0.39 is 5.97 Å². The van der Waals surface area contributed by atoms with E-state index in [0.717, 1.165) is 5.56 Å². The highest BCUT2D eigenvalue weighted by atomic mass is 35.5. The fraction of sp³-hybridized carbons (Fsp3) is 0.0769. The average molecular weight is 332 g/mol. The lowest BCUT2D eigenvalue weighted by molar-refractivity contribution is 0.0691. The number of nitrogens with one attached hydrogen (secondary N) is 1. The number of rotatable bonds is 3. The van der Waals surface area contributed by atoms with E-state index in [0.29, 0.717) is 21.6 Å². The van der Waals surface area contributed by atoms with E-state index in [9.17, 15) is 4.79 Å². The molecule has 4 nitrogen and oxygen atoms in total. The number of benzene rings is 1. The number of aromatic carboxylic acids is 1. The second-order valence-corrected chi connectivity index (χ2v) is 5.26. The molecule has 2 aromatic rings.